The summed E-state index contributed by atoms with van der Waals surface area (Å²) in [7, 11) is 0. The summed E-state index contributed by atoms with van der Waals surface area (Å²) in [5.41, 5.74) is 3.17. The molecular formula is C48H86O4. The highest BCUT2D eigenvalue weighted by molar-refractivity contribution is 6.04. The standard InChI is InChI=1S/C48H86O4/c1-7-9-11-13-15-17-25-31-39-51-47(49)45-38-37-43(35-29-23-19-21-27-33-41(3)4)44(36-30-24-20-22-28-34-42(5)6)46(45)48(50)52-40-32-26-18-16-14-12-10-8-2/h37-38,41-42H,7-36,39-40H2,1-6H3. The monoisotopic (exact) mass is 727 g/mol. The highest BCUT2D eigenvalue weighted by atomic mass is 16.5. The van der Waals surface area contributed by atoms with Gasteiger partial charge < -0.3 is 9.47 Å². The fourth-order valence-corrected chi connectivity index (χ4v) is 7.35. The van der Waals surface area contributed by atoms with Crippen LogP contribution in [0.3, 0.4) is 0 Å². The molecule has 0 saturated carbocycles. The molecule has 52 heavy (non-hydrogen) atoms. The third kappa shape index (κ3) is 25.2. The summed E-state index contributed by atoms with van der Waals surface area (Å²) >= 11 is 0. The van der Waals surface area contributed by atoms with Crippen molar-refractivity contribution in [3.63, 3.8) is 0 Å². The molecule has 1 rings (SSSR count). The number of unbranched alkanes of at least 4 members (excludes halogenated alkanes) is 22. The molecule has 0 saturated heterocycles. The summed E-state index contributed by atoms with van der Waals surface area (Å²) in [6, 6.07) is 4.00. The summed E-state index contributed by atoms with van der Waals surface area (Å²) in [6.45, 7) is 14.5. The van der Waals surface area contributed by atoms with E-state index in [0.29, 0.717) is 24.3 Å². The number of carbonyl (C=O) groups excluding carboxylic acids is 2. The van der Waals surface area contributed by atoms with E-state index in [-0.39, 0.29) is 11.9 Å². The molecule has 0 aliphatic carbocycles. The lowest BCUT2D eigenvalue weighted by molar-refractivity contribution is 0.0449. The Morgan fingerprint density at radius 2 is 0.846 bits per heavy atom. The highest BCUT2D eigenvalue weighted by Crippen LogP contribution is 2.27. The molecule has 0 atom stereocenters. The average molecular weight is 727 g/mol. The Bertz CT molecular complexity index is 996. The first-order chi connectivity index (χ1) is 25.3. The Labute approximate surface area is 323 Å². The maximum atomic E-state index is 14.0. The molecule has 0 heterocycles. The third-order valence-electron chi connectivity index (χ3n) is 10.7. The number of hydrogen-bond donors (Lipinski definition) is 0. The topological polar surface area (TPSA) is 52.6 Å². The molecule has 1 aromatic carbocycles. The largest absolute Gasteiger partial charge is 0.462 e. The maximum absolute atomic E-state index is 14.0. The maximum Gasteiger partial charge on any atom is 0.339 e. The van der Waals surface area contributed by atoms with Crippen LogP contribution in [0.2, 0.25) is 0 Å². The molecule has 0 aliphatic rings. The molecule has 0 spiro atoms. The molecule has 0 unspecified atom stereocenters. The lowest BCUT2D eigenvalue weighted by Gasteiger charge is -2.18. The molecular weight excluding hydrogens is 641 g/mol. The molecule has 0 aromatic heterocycles. The van der Waals surface area contributed by atoms with Crippen molar-refractivity contribution >= 4 is 11.9 Å². The van der Waals surface area contributed by atoms with E-state index in [4.69, 9.17) is 9.47 Å². The second kappa shape index (κ2) is 33.7. The summed E-state index contributed by atoms with van der Waals surface area (Å²) < 4.78 is 11.8. The quantitative estimate of drug-likeness (QED) is 0.0510. The van der Waals surface area contributed by atoms with Crippen molar-refractivity contribution in [1.29, 1.82) is 0 Å². The number of aryl methyl sites for hydroxylation is 1. The third-order valence-corrected chi connectivity index (χ3v) is 10.7. The van der Waals surface area contributed by atoms with E-state index in [1.54, 1.807) is 0 Å². The Balaban J connectivity index is 3.04. The van der Waals surface area contributed by atoms with Crippen LogP contribution in [0.25, 0.3) is 0 Å². The van der Waals surface area contributed by atoms with Crippen LogP contribution in [0.1, 0.15) is 253 Å². The zero-order valence-corrected chi connectivity index (χ0v) is 35.6. The number of benzene rings is 1. The number of carbonyl (C=O) groups is 2. The van der Waals surface area contributed by atoms with E-state index in [0.717, 1.165) is 75.2 Å². The van der Waals surface area contributed by atoms with E-state index in [1.807, 2.05) is 6.07 Å². The van der Waals surface area contributed by atoms with Gasteiger partial charge in [0.05, 0.1) is 24.3 Å². The van der Waals surface area contributed by atoms with Gasteiger partial charge in [0.1, 0.15) is 0 Å². The van der Waals surface area contributed by atoms with Crippen molar-refractivity contribution in [2.75, 3.05) is 13.2 Å². The Morgan fingerprint density at radius 3 is 1.31 bits per heavy atom. The van der Waals surface area contributed by atoms with Gasteiger partial charge in [-0.1, -0.05) is 202 Å². The van der Waals surface area contributed by atoms with E-state index >= 15 is 0 Å². The molecule has 4 heteroatoms. The minimum absolute atomic E-state index is 0.329. The van der Waals surface area contributed by atoms with Crippen LogP contribution in [-0.2, 0) is 22.3 Å². The molecule has 302 valence electrons. The molecule has 0 N–H and O–H groups in total. The van der Waals surface area contributed by atoms with E-state index in [1.165, 1.54) is 140 Å². The van der Waals surface area contributed by atoms with Crippen LogP contribution in [0.4, 0.5) is 0 Å². The number of ether oxygens (including phenoxy) is 2. The van der Waals surface area contributed by atoms with Crippen molar-refractivity contribution in [1.82, 2.24) is 0 Å². The molecule has 4 nitrogen and oxygen atoms in total. The fraction of sp³-hybridized carbons (Fsp3) is 0.833. The Hall–Kier alpha value is -1.84. The zero-order chi connectivity index (χ0) is 38.1. The minimum atomic E-state index is -0.367. The van der Waals surface area contributed by atoms with Gasteiger partial charge in [-0.05, 0) is 67.6 Å². The van der Waals surface area contributed by atoms with E-state index < -0.39 is 0 Å². The summed E-state index contributed by atoms with van der Waals surface area (Å²) in [6.07, 6.45) is 35.7. The summed E-state index contributed by atoms with van der Waals surface area (Å²) in [4.78, 5) is 27.6. The Morgan fingerprint density at radius 1 is 0.462 bits per heavy atom. The fourth-order valence-electron chi connectivity index (χ4n) is 7.35. The van der Waals surface area contributed by atoms with Crippen molar-refractivity contribution in [3.05, 3.63) is 34.4 Å². The predicted octanol–water partition coefficient (Wildman–Crippen LogP) is 15.4. The van der Waals surface area contributed by atoms with Crippen molar-refractivity contribution in [2.45, 2.75) is 234 Å². The van der Waals surface area contributed by atoms with Crippen LogP contribution in [0.15, 0.2) is 12.1 Å². The van der Waals surface area contributed by atoms with Crippen LogP contribution in [0, 0.1) is 11.8 Å². The molecule has 0 radical (unpaired) electrons. The number of rotatable bonds is 36. The first-order valence-electron chi connectivity index (χ1n) is 22.8. The second-order valence-corrected chi connectivity index (χ2v) is 16.7. The first kappa shape index (κ1) is 48.2. The van der Waals surface area contributed by atoms with Gasteiger partial charge in [0.2, 0.25) is 0 Å². The Kier molecular flexibility index (Phi) is 31.2. The van der Waals surface area contributed by atoms with Gasteiger partial charge in [0.25, 0.3) is 0 Å². The summed E-state index contributed by atoms with van der Waals surface area (Å²) in [5.74, 6) is 0.838. The van der Waals surface area contributed by atoms with Gasteiger partial charge in [-0.2, -0.15) is 0 Å². The lowest BCUT2D eigenvalue weighted by Crippen LogP contribution is -2.19. The number of hydrogen-bond acceptors (Lipinski definition) is 4. The molecule has 0 aliphatic heterocycles. The summed E-state index contributed by atoms with van der Waals surface area (Å²) in [5, 5.41) is 0. The van der Waals surface area contributed by atoms with Gasteiger partial charge >= 0.3 is 11.9 Å². The second-order valence-electron chi connectivity index (χ2n) is 16.7. The van der Waals surface area contributed by atoms with Gasteiger partial charge in [-0.3, -0.25) is 0 Å². The van der Waals surface area contributed by atoms with Crippen LogP contribution in [0.5, 0.6) is 0 Å². The van der Waals surface area contributed by atoms with Crippen LogP contribution in [-0.4, -0.2) is 25.2 Å². The van der Waals surface area contributed by atoms with Gasteiger partial charge in [-0.15, -0.1) is 0 Å². The SMILES string of the molecule is CCCCCCCCCCOC(=O)c1ccc(CCCCCCCC(C)C)c(CCCCCCCC(C)C)c1C(=O)OCCCCCCCCCC. The van der Waals surface area contributed by atoms with Gasteiger partial charge in [-0.25, -0.2) is 9.59 Å². The van der Waals surface area contributed by atoms with E-state index in [2.05, 4.69) is 47.6 Å². The molecule has 0 amide bonds. The minimum Gasteiger partial charge on any atom is -0.462 e. The highest BCUT2D eigenvalue weighted by Gasteiger charge is 2.25. The molecule has 0 bridgehead atoms. The van der Waals surface area contributed by atoms with E-state index in [9.17, 15) is 9.59 Å². The zero-order valence-electron chi connectivity index (χ0n) is 35.6. The van der Waals surface area contributed by atoms with Crippen molar-refractivity contribution in [3.8, 4) is 0 Å². The predicted molar refractivity (Wildman–Crippen MR) is 225 cm³/mol. The van der Waals surface area contributed by atoms with Crippen LogP contribution >= 0.6 is 0 Å². The molecule has 1 aromatic rings. The molecule has 0 fully saturated rings. The van der Waals surface area contributed by atoms with Gasteiger partial charge in [0.15, 0.2) is 0 Å². The number of esters is 2. The van der Waals surface area contributed by atoms with Gasteiger partial charge in [0, 0.05) is 0 Å². The van der Waals surface area contributed by atoms with Crippen molar-refractivity contribution < 1.29 is 19.1 Å². The van der Waals surface area contributed by atoms with Crippen LogP contribution < -0.4 is 0 Å². The first-order valence-corrected chi connectivity index (χ1v) is 22.8. The lowest BCUT2D eigenvalue weighted by atomic mass is 9.89. The average Bonchev–Trinajstić information content (AvgIpc) is 3.12. The normalized spacial score (nSPS) is 11.5. The van der Waals surface area contributed by atoms with Crippen molar-refractivity contribution in [2.24, 2.45) is 11.8 Å². The smallest absolute Gasteiger partial charge is 0.339 e.